The van der Waals surface area contributed by atoms with Gasteiger partial charge in [-0.25, -0.2) is 0 Å². The van der Waals surface area contributed by atoms with Crippen LogP contribution in [0.3, 0.4) is 0 Å². The van der Waals surface area contributed by atoms with E-state index >= 15 is 0 Å². The van der Waals surface area contributed by atoms with E-state index in [9.17, 15) is 14.1 Å². The number of aliphatic carboxylic acids is 1. The second-order valence-electron chi connectivity index (χ2n) is 4.99. The van der Waals surface area contributed by atoms with Crippen LogP contribution in [0.25, 0.3) is 0 Å². The minimum atomic E-state index is -1.61. The molecule has 2 unspecified atom stereocenters. The van der Waals surface area contributed by atoms with Crippen LogP contribution >= 0.6 is 0 Å². The summed E-state index contributed by atoms with van der Waals surface area (Å²) in [5.74, 6) is -0.0499. The van der Waals surface area contributed by atoms with E-state index in [1.54, 1.807) is 18.2 Å². The molecule has 0 aromatic heterocycles. The first-order valence-corrected chi connectivity index (χ1v) is 8.61. The maximum atomic E-state index is 12.6. The Kier molecular flexibility index (Phi) is 7.95. The Morgan fingerprint density at radius 1 is 1.18 bits per heavy atom. The van der Waals surface area contributed by atoms with Crippen molar-refractivity contribution in [3.8, 4) is 11.5 Å². The van der Waals surface area contributed by atoms with Crippen LogP contribution in [0.15, 0.2) is 23.1 Å². The molecule has 0 saturated carbocycles. The Hall–Kier alpha value is -1.56. The van der Waals surface area contributed by atoms with Gasteiger partial charge in [0.05, 0.1) is 25.0 Å². The summed E-state index contributed by atoms with van der Waals surface area (Å²) >= 11 is 0. The molecule has 2 atom stereocenters. The average molecular weight is 328 g/mol. The lowest BCUT2D eigenvalue weighted by molar-refractivity contribution is -0.136. The smallest absolute Gasteiger partial charge is 0.319 e. The molecule has 0 saturated heterocycles. The van der Waals surface area contributed by atoms with Crippen LogP contribution in [0.2, 0.25) is 0 Å². The van der Waals surface area contributed by atoms with Crippen molar-refractivity contribution in [3.05, 3.63) is 18.2 Å². The molecule has 1 rings (SSSR count). The number of carbonyl (C=O) groups is 1. The summed E-state index contributed by atoms with van der Waals surface area (Å²) in [6.45, 7) is 2.09. The van der Waals surface area contributed by atoms with Crippen molar-refractivity contribution < 1.29 is 23.6 Å². The van der Waals surface area contributed by atoms with Crippen LogP contribution < -0.4 is 9.47 Å². The Bertz CT molecular complexity index is 515. The number of carboxylic acid groups (broad SMARTS) is 1. The van der Waals surface area contributed by atoms with E-state index in [0.717, 1.165) is 25.7 Å². The van der Waals surface area contributed by atoms with Crippen molar-refractivity contribution in [1.82, 2.24) is 0 Å². The molecule has 6 heteroatoms. The van der Waals surface area contributed by atoms with Crippen LogP contribution in [0.4, 0.5) is 0 Å². The van der Waals surface area contributed by atoms with Crippen molar-refractivity contribution in [2.24, 2.45) is 0 Å². The molecule has 0 spiro atoms. The van der Waals surface area contributed by atoms with Gasteiger partial charge in [0.1, 0.15) is 5.25 Å². The molecule has 22 heavy (non-hydrogen) atoms. The highest BCUT2D eigenvalue weighted by Crippen LogP contribution is 2.30. The predicted molar refractivity (Wildman–Crippen MR) is 86.1 cm³/mol. The lowest BCUT2D eigenvalue weighted by Gasteiger charge is -2.14. The molecule has 124 valence electrons. The van der Waals surface area contributed by atoms with Gasteiger partial charge in [-0.1, -0.05) is 32.6 Å². The highest BCUT2D eigenvalue weighted by atomic mass is 32.2. The third kappa shape index (κ3) is 5.02. The SMILES string of the molecule is CCCCCCC(C(=O)O)S(=O)c1ccc(OC)c(OC)c1. The third-order valence-electron chi connectivity index (χ3n) is 3.44. The van der Waals surface area contributed by atoms with Gasteiger partial charge in [-0.15, -0.1) is 0 Å². The Labute approximate surface area is 134 Å². The van der Waals surface area contributed by atoms with Gasteiger partial charge in [0.25, 0.3) is 0 Å². The Morgan fingerprint density at radius 2 is 1.86 bits per heavy atom. The molecule has 0 heterocycles. The summed E-state index contributed by atoms with van der Waals surface area (Å²) in [5, 5.41) is 8.45. The largest absolute Gasteiger partial charge is 0.493 e. The minimum absolute atomic E-state index is 0.413. The summed E-state index contributed by atoms with van der Waals surface area (Å²) < 4.78 is 22.9. The van der Waals surface area contributed by atoms with Crippen LogP contribution in [0.5, 0.6) is 11.5 Å². The van der Waals surface area contributed by atoms with Gasteiger partial charge in [-0.05, 0) is 18.6 Å². The average Bonchev–Trinajstić information content (AvgIpc) is 2.53. The van der Waals surface area contributed by atoms with Crippen molar-refractivity contribution in [3.63, 3.8) is 0 Å². The highest BCUT2D eigenvalue weighted by molar-refractivity contribution is 7.86. The number of unbranched alkanes of at least 4 members (excludes halogenated alkanes) is 3. The van der Waals surface area contributed by atoms with Gasteiger partial charge in [0.2, 0.25) is 0 Å². The van der Waals surface area contributed by atoms with E-state index in [0.29, 0.717) is 22.8 Å². The second kappa shape index (κ2) is 9.46. The molecule has 1 aromatic rings. The van der Waals surface area contributed by atoms with E-state index in [1.807, 2.05) is 0 Å². The number of ether oxygens (including phenoxy) is 2. The van der Waals surface area contributed by atoms with Crippen LogP contribution in [0, 0.1) is 0 Å². The molecule has 0 radical (unpaired) electrons. The maximum absolute atomic E-state index is 12.6. The first-order valence-electron chi connectivity index (χ1n) is 7.40. The lowest BCUT2D eigenvalue weighted by atomic mass is 10.1. The molecular formula is C16H24O5S. The standard InChI is InChI=1S/C16H24O5S/c1-4-5-6-7-8-15(16(17)18)22(19)12-9-10-13(20-2)14(11-12)21-3/h9-11,15H,4-8H2,1-3H3,(H,17,18). The summed E-state index contributed by atoms with van der Waals surface area (Å²) in [7, 11) is 1.39. The van der Waals surface area contributed by atoms with Crippen molar-refractivity contribution in [2.45, 2.75) is 49.2 Å². The van der Waals surface area contributed by atoms with Crippen molar-refractivity contribution >= 4 is 16.8 Å². The van der Waals surface area contributed by atoms with Crippen LogP contribution in [0.1, 0.15) is 39.0 Å². The highest BCUT2D eigenvalue weighted by Gasteiger charge is 2.26. The quantitative estimate of drug-likeness (QED) is 0.668. The molecule has 0 aliphatic heterocycles. The monoisotopic (exact) mass is 328 g/mol. The number of carboxylic acids is 1. The molecule has 1 aromatic carbocycles. The molecule has 1 N–H and O–H groups in total. The molecule has 0 bridgehead atoms. The number of hydrogen-bond donors (Lipinski definition) is 1. The molecule has 0 fully saturated rings. The number of methoxy groups -OCH3 is 2. The van der Waals surface area contributed by atoms with E-state index < -0.39 is 22.0 Å². The zero-order chi connectivity index (χ0) is 16.5. The zero-order valence-corrected chi connectivity index (χ0v) is 14.1. The minimum Gasteiger partial charge on any atom is -0.493 e. The van der Waals surface area contributed by atoms with Gasteiger partial charge < -0.3 is 14.6 Å². The van der Waals surface area contributed by atoms with Crippen molar-refractivity contribution in [1.29, 1.82) is 0 Å². The number of hydrogen-bond acceptors (Lipinski definition) is 4. The van der Waals surface area contributed by atoms with E-state index in [4.69, 9.17) is 9.47 Å². The second-order valence-corrected chi connectivity index (χ2v) is 6.63. The van der Waals surface area contributed by atoms with Gasteiger partial charge in [0.15, 0.2) is 11.5 Å². The fraction of sp³-hybridized carbons (Fsp3) is 0.562. The molecule has 0 amide bonds. The fourth-order valence-electron chi connectivity index (χ4n) is 2.18. The summed E-state index contributed by atoms with van der Waals surface area (Å²) in [6.07, 6.45) is 4.29. The van der Waals surface area contributed by atoms with Gasteiger partial charge >= 0.3 is 5.97 Å². The fourth-order valence-corrected chi connectivity index (χ4v) is 3.50. The van der Waals surface area contributed by atoms with Gasteiger partial charge in [-0.2, -0.15) is 0 Å². The Morgan fingerprint density at radius 3 is 2.41 bits per heavy atom. The molecular weight excluding hydrogens is 304 g/mol. The van der Waals surface area contributed by atoms with Crippen molar-refractivity contribution in [2.75, 3.05) is 14.2 Å². The Balaban J connectivity index is 2.87. The van der Waals surface area contributed by atoms with Crippen LogP contribution in [-0.4, -0.2) is 34.8 Å². The maximum Gasteiger partial charge on any atom is 0.319 e. The first kappa shape index (κ1) is 18.5. The summed E-state index contributed by atoms with van der Waals surface area (Å²) in [6, 6.07) is 4.85. The number of rotatable bonds is 10. The van der Waals surface area contributed by atoms with Gasteiger partial charge in [-0.3, -0.25) is 9.00 Å². The topological polar surface area (TPSA) is 72.8 Å². The molecule has 0 aliphatic carbocycles. The normalized spacial score (nSPS) is 13.4. The van der Waals surface area contributed by atoms with E-state index in [-0.39, 0.29) is 0 Å². The molecule has 5 nitrogen and oxygen atoms in total. The predicted octanol–water partition coefficient (Wildman–Crippen LogP) is 3.24. The lowest BCUT2D eigenvalue weighted by Crippen LogP contribution is -2.25. The third-order valence-corrected chi connectivity index (χ3v) is 5.11. The first-order chi connectivity index (χ1) is 10.5. The summed E-state index contributed by atoms with van der Waals surface area (Å²) in [4.78, 5) is 11.9. The summed E-state index contributed by atoms with van der Waals surface area (Å²) in [5.41, 5.74) is 0. The van der Waals surface area contributed by atoms with E-state index in [2.05, 4.69) is 6.92 Å². The zero-order valence-electron chi connectivity index (χ0n) is 13.3. The van der Waals surface area contributed by atoms with E-state index in [1.165, 1.54) is 14.2 Å². The molecule has 0 aliphatic rings. The number of benzene rings is 1. The van der Waals surface area contributed by atoms with Crippen LogP contribution in [-0.2, 0) is 15.6 Å². The van der Waals surface area contributed by atoms with Gasteiger partial charge in [0, 0.05) is 11.0 Å².